The average molecular weight is 361 g/mol. The number of rotatable bonds is 15. The largest absolute Gasteiger partial charge is 0.293 e. The van der Waals surface area contributed by atoms with Gasteiger partial charge in [0.2, 0.25) is 0 Å². The number of hydrogen-bond donors (Lipinski definition) is 1. The van der Waals surface area contributed by atoms with Crippen LogP contribution < -0.4 is 0 Å². The van der Waals surface area contributed by atoms with E-state index < -0.39 is 10.1 Å². The van der Waals surface area contributed by atoms with Crippen molar-refractivity contribution in [3.8, 4) is 11.8 Å². The highest BCUT2D eigenvalue weighted by atomic mass is 32.2. The van der Waals surface area contributed by atoms with Crippen molar-refractivity contribution in [3.63, 3.8) is 0 Å². The highest BCUT2D eigenvalue weighted by Crippen LogP contribution is 2.12. The first-order valence-corrected chi connectivity index (χ1v) is 11.1. The van der Waals surface area contributed by atoms with E-state index in [9.17, 15) is 8.42 Å². The molecule has 4 nitrogen and oxygen atoms in total. The van der Waals surface area contributed by atoms with E-state index in [4.69, 9.17) is 5.26 Å². The van der Waals surface area contributed by atoms with Crippen molar-refractivity contribution in [2.75, 3.05) is 5.75 Å². The molecule has 0 aromatic heterocycles. The van der Waals surface area contributed by atoms with Crippen LogP contribution >= 0.6 is 0 Å². The third-order valence-corrected chi connectivity index (χ3v) is 5.05. The summed E-state index contributed by atoms with van der Waals surface area (Å²) in [6.07, 6.45) is 14.5. The Balaban J connectivity index is 3.20. The van der Waals surface area contributed by atoms with Gasteiger partial charge in [-0.2, -0.15) is 8.42 Å². The van der Waals surface area contributed by atoms with Gasteiger partial charge in [0.05, 0.1) is 5.75 Å². The minimum atomic E-state index is -3.70. The lowest BCUT2D eigenvalue weighted by Gasteiger charge is -2.02. The molecule has 0 radical (unpaired) electrons. The molecule has 0 spiro atoms. The molecule has 0 bridgehead atoms. The van der Waals surface area contributed by atoms with Crippen LogP contribution in [0, 0.1) is 17.8 Å². The molecule has 0 aliphatic carbocycles. The van der Waals surface area contributed by atoms with Crippen molar-refractivity contribution in [2.45, 2.75) is 97.3 Å². The van der Waals surface area contributed by atoms with Gasteiger partial charge in [0.15, 0.2) is 0 Å². The third kappa shape index (κ3) is 17.8. The summed E-state index contributed by atoms with van der Waals surface area (Å²) in [5.74, 6) is 7.18. The summed E-state index contributed by atoms with van der Waals surface area (Å²) < 4.78 is 25.2. The Morgan fingerprint density at radius 3 is 1.75 bits per heavy atom. The van der Waals surface area contributed by atoms with E-state index in [-0.39, 0.29) is 5.75 Å². The molecule has 0 aromatic rings. The molecule has 0 atom stereocenters. The second kappa shape index (κ2) is 15.9. The van der Waals surface area contributed by atoms with Crippen LogP contribution in [0.1, 0.15) is 97.3 Å². The molecule has 142 valence electrons. The maximum absolute atomic E-state index is 10.9. The molecule has 0 heterocycles. The Morgan fingerprint density at radius 2 is 1.25 bits per heavy atom. The first-order valence-electron chi connectivity index (χ1n) is 9.49. The van der Waals surface area contributed by atoms with Gasteiger partial charge in [-0.05, 0) is 25.2 Å². The summed E-state index contributed by atoms with van der Waals surface area (Å²) in [7, 11) is -3.70. The summed E-state index contributed by atoms with van der Waals surface area (Å²) in [4.78, 5) is 0. The Labute approximate surface area is 149 Å². The van der Waals surface area contributed by atoms with Crippen molar-refractivity contribution in [3.05, 3.63) is 0 Å². The molecule has 0 rings (SSSR count). The van der Waals surface area contributed by atoms with E-state index >= 15 is 0 Å². The van der Waals surface area contributed by atoms with Crippen molar-refractivity contribution in [2.24, 2.45) is 5.92 Å². The molecule has 1 N–H and O–H groups in total. The summed E-state index contributed by atoms with van der Waals surface area (Å²) >= 11 is 0. The van der Waals surface area contributed by atoms with E-state index in [2.05, 4.69) is 30.0 Å². The average Bonchev–Trinajstić information content (AvgIpc) is 2.54. The summed E-state index contributed by atoms with van der Waals surface area (Å²) in [6, 6.07) is 0. The highest BCUT2D eigenvalue weighted by Gasteiger charge is 2.08. The Bertz CT molecular complexity index is 432. The fourth-order valence-electron chi connectivity index (χ4n) is 2.48. The van der Waals surface area contributed by atoms with E-state index in [0.717, 1.165) is 38.0 Å². The van der Waals surface area contributed by atoms with Crippen LogP contribution in [0.15, 0.2) is 0 Å². The lowest BCUT2D eigenvalue weighted by atomic mass is 10.1. The molecule has 5 heteroatoms. The highest BCUT2D eigenvalue weighted by molar-refractivity contribution is 7.86. The monoisotopic (exact) mass is 360 g/mol. The van der Waals surface area contributed by atoms with Gasteiger partial charge < -0.3 is 0 Å². The van der Waals surface area contributed by atoms with Crippen LogP contribution in [-0.2, 0) is 14.5 Å². The second-order valence-electron chi connectivity index (χ2n) is 6.91. The van der Waals surface area contributed by atoms with Gasteiger partial charge in [-0.3, -0.25) is 0 Å². The van der Waals surface area contributed by atoms with E-state index in [0.29, 0.717) is 6.42 Å². The Kier molecular flexibility index (Phi) is 15.6. The lowest BCUT2D eigenvalue weighted by molar-refractivity contribution is -0.130. The molecule has 0 saturated carbocycles. The topological polar surface area (TPSA) is 63.6 Å². The van der Waals surface area contributed by atoms with Crippen LogP contribution in [-0.4, -0.2) is 19.4 Å². The van der Waals surface area contributed by atoms with Gasteiger partial charge in [0.1, 0.15) is 0 Å². The zero-order valence-corrected chi connectivity index (χ0v) is 16.4. The zero-order chi connectivity index (χ0) is 18.1. The summed E-state index contributed by atoms with van der Waals surface area (Å²) in [6.45, 7) is 4.47. The van der Waals surface area contributed by atoms with E-state index in [1.807, 2.05) is 0 Å². The maximum atomic E-state index is 10.9. The Morgan fingerprint density at radius 1 is 0.792 bits per heavy atom. The molecule has 0 aliphatic rings. The maximum Gasteiger partial charge on any atom is 0.293 e. The molecule has 0 fully saturated rings. The SMILES string of the molecule is CC(C)CCC#CCCCCCCCCCCCCS(=O)(=O)OO. The molecule has 0 aliphatic heterocycles. The van der Waals surface area contributed by atoms with Crippen LogP contribution in [0.2, 0.25) is 0 Å². The molecule has 0 saturated heterocycles. The van der Waals surface area contributed by atoms with Gasteiger partial charge in [-0.25, -0.2) is 5.26 Å². The molecule has 0 amide bonds. The molecular formula is C19H36O4S. The third-order valence-electron chi connectivity index (χ3n) is 4.03. The van der Waals surface area contributed by atoms with Gasteiger partial charge in [-0.15, -0.1) is 16.2 Å². The van der Waals surface area contributed by atoms with Crippen LogP contribution in [0.3, 0.4) is 0 Å². The molecule has 24 heavy (non-hydrogen) atoms. The Hall–Kier alpha value is -0.570. The molecule has 0 unspecified atom stereocenters. The van der Waals surface area contributed by atoms with Crippen LogP contribution in [0.4, 0.5) is 0 Å². The fraction of sp³-hybridized carbons (Fsp3) is 0.895. The smallest absolute Gasteiger partial charge is 0.235 e. The lowest BCUT2D eigenvalue weighted by Crippen LogP contribution is -2.07. The minimum Gasteiger partial charge on any atom is -0.235 e. The van der Waals surface area contributed by atoms with E-state index in [1.165, 1.54) is 44.9 Å². The zero-order valence-electron chi connectivity index (χ0n) is 15.6. The summed E-state index contributed by atoms with van der Waals surface area (Å²) in [5.41, 5.74) is 0. The van der Waals surface area contributed by atoms with Crippen molar-refractivity contribution in [1.82, 2.24) is 0 Å². The second-order valence-corrected chi connectivity index (χ2v) is 8.58. The number of hydrogen-bond acceptors (Lipinski definition) is 4. The predicted octanol–water partition coefficient (Wildman–Crippen LogP) is 5.54. The van der Waals surface area contributed by atoms with Crippen LogP contribution in [0.5, 0.6) is 0 Å². The predicted molar refractivity (Wildman–Crippen MR) is 100 cm³/mol. The van der Waals surface area contributed by atoms with Gasteiger partial charge in [-0.1, -0.05) is 65.2 Å². The quantitative estimate of drug-likeness (QED) is 0.180. The van der Waals surface area contributed by atoms with Gasteiger partial charge >= 0.3 is 0 Å². The van der Waals surface area contributed by atoms with Gasteiger partial charge in [0.25, 0.3) is 10.1 Å². The van der Waals surface area contributed by atoms with Crippen LogP contribution in [0.25, 0.3) is 0 Å². The normalized spacial score (nSPS) is 11.5. The van der Waals surface area contributed by atoms with Crippen molar-refractivity contribution >= 4 is 10.1 Å². The number of unbranched alkanes of at least 4 members (excludes halogenated alkanes) is 10. The molecule has 0 aromatic carbocycles. The van der Waals surface area contributed by atoms with Crippen molar-refractivity contribution in [1.29, 1.82) is 0 Å². The molecular weight excluding hydrogens is 324 g/mol. The first kappa shape index (κ1) is 23.4. The van der Waals surface area contributed by atoms with E-state index in [1.54, 1.807) is 0 Å². The fourth-order valence-corrected chi connectivity index (χ4v) is 3.11. The van der Waals surface area contributed by atoms with Gasteiger partial charge in [0, 0.05) is 12.8 Å². The minimum absolute atomic E-state index is 0.0934. The standard InChI is InChI=1S/C19H36O4S/c1-19(2)17-15-13-11-9-7-5-3-4-6-8-10-12-14-16-18-24(21,22)23-20/h19-20H,3-10,12,14-18H2,1-2H3. The first-order chi connectivity index (χ1) is 11.5. The summed E-state index contributed by atoms with van der Waals surface area (Å²) in [5, 5.41) is 8.13. The van der Waals surface area contributed by atoms with Crippen molar-refractivity contribution < 1.29 is 18.0 Å².